The van der Waals surface area contributed by atoms with E-state index in [0.717, 1.165) is 6.07 Å². The molecule has 2 rings (SSSR count). The molecule has 1 heterocycles. The van der Waals surface area contributed by atoms with Crippen LogP contribution in [0.15, 0.2) is 36.8 Å². The maximum absolute atomic E-state index is 13.1. The van der Waals surface area contributed by atoms with Crippen LogP contribution in [0, 0.1) is 5.82 Å². The van der Waals surface area contributed by atoms with Gasteiger partial charge in [0.05, 0.1) is 23.5 Å². The van der Waals surface area contributed by atoms with Crippen molar-refractivity contribution in [3.8, 4) is 0 Å². The Balaban J connectivity index is 2.42. The molecule has 0 aliphatic rings. The van der Waals surface area contributed by atoms with Gasteiger partial charge in [-0.1, -0.05) is 6.07 Å². The number of rotatable bonds is 2. The maximum atomic E-state index is 13.1. The molecule has 100 valence electrons. The lowest BCUT2D eigenvalue weighted by Crippen LogP contribution is -2.16. The van der Waals surface area contributed by atoms with E-state index in [1.807, 2.05) is 0 Å². The summed E-state index contributed by atoms with van der Waals surface area (Å²) in [5.41, 5.74) is 4.87. The van der Waals surface area contributed by atoms with E-state index in [9.17, 15) is 17.6 Å². The summed E-state index contributed by atoms with van der Waals surface area (Å²) >= 11 is 0. The van der Waals surface area contributed by atoms with E-state index in [0.29, 0.717) is 11.8 Å². The largest absolute Gasteiger partial charge is 0.419 e. The average molecular weight is 271 g/mol. The molecule has 0 saturated heterocycles. The van der Waals surface area contributed by atoms with Gasteiger partial charge in [-0.25, -0.2) is 4.39 Å². The number of hydrogen-bond acceptors (Lipinski definition) is 3. The van der Waals surface area contributed by atoms with Gasteiger partial charge >= 0.3 is 6.18 Å². The van der Waals surface area contributed by atoms with Crippen LogP contribution in [-0.4, -0.2) is 9.97 Å². The van der Waals surface area contributed by atoms with Crippen molar-refractivity contribution in [2.45, 2.75) is 12.2 Å². The Morgan fingerprint density at radius 2 is 1.89 bits per heavy atom. The van der Waals surface area contributed by atoms with Crippen molar-refractivity contribution in [2.75, 3.05) is 0 Å². The smallest absolute Gasteiger partial charge is 0.319 e. The molecule has 2 N–H and O–H groups in total. The fourth-order valence-electron chi connectivity index (χ4n) is 1.60. The Labute approximate surface area is 106 Å². The fraction of sp³-hybridized carbons (Fsp3) is 0.167. The molecular formula is C12H9F4N3. The summed E-state index contributed by atoms with van der Waals surface area (Å²) in [5.74, 6) is -1.33. The summed E-state index contributed by atoms with van der Waals surface area (Å²) in [6.45, 7) is 0. The van der Waals surface area contributed by atoms with Gasteiger partial charge in [-0.15, -0.1) is 0 Å². The van der Waals surface area contributed by atoms with Gasteiger partial charge < -0.3 is 5.73 Å². The van der Waals surface area contributed by atoms with E-state index < -0.39 is 23.6 Å². The Bertz CT molecular complexity index is 569. The maximum Gasteiger partial charge on any atom is 0.419 e. The highest BCUT2D eigenvalue weighted by atomic mass is 19.4. The number of benzene rings is 1. The number of nitrogens with two attached hydrogens (primary N) is 1. The summed E-state index contributed by atoms with van der Waals surface area (Å²) in [4.78, 5) is 7.69. The summed E-state index contributed by atoms with van der Waals surface area (Å²) in [5, 5.41) is 0. The average Bonchev–Trinajstić information content (AvgIpc) is 2.38. The number of hydrogen-bond donors (Lipinski definition) is 1. The normalized spacial score (nSPS) is 13.3. The minimum absolute atomic E-state index is 0.120. The minimum atomic E-state index is -4.76. The number of halogens is 4. The van der Waals surface area contributed by atoms with Crippen LogP contribution in [0.25, 0.3) is 0 Å². The second-order valence-electron chi connectivity index (χ2n) is 3.84. The Hall–Kier alpha value is -2.02. The van der Waals surface area contributed by atoms with E-state index in [4.69, 9.17) is 5.73 Å². The van der Waals surface area contributed by atoms with Gasteiger partial charge in [-0.3, -0.25) is 9.97 Å². The molecule has 1 aromatic heterocycles. The van der Waals surface area contributed by atoms with Crippen LogP contribution >= 0.6 is 0 Å². The van der Waals surface area contributed by atoms with E-state index >= 15 is 0 Å². The van der Waals surface area contributed by atoms with Gasteiger partial charge in [-0.05, 0) is 17.7 Å². The van der Waals surface area contributed by atoms with Crippen molar-refractivity contribution in [3.05, 3.63) is 59.4 Å². The molecule has 2 aromatic rings. The SMILES string of the molecule is NC(c1ccc(F)c(C(F)(F)F)c1)c1cnccn1. The second-order valence-corrected chi connectivity index (χ2v) is 3.84. The van der Waals surface area contributed by atoms with Crippen molar-refractivity contribution in [1.29, 1.82) is 0 Å². The van der Waals surface area contributed by atoms with Crippen LogP contribution in [0.4, 0.5) is 17.6 Å². The molecule has 3 nitrogen and oxygen atoms in total. The lowest BCUT2D eigenvalue weighted by atomic mass is 10.0. The lowest BCUT2D eigenvalue weighted by molar-refractivity contribution is -0.140. The first-order valence-electron chi connectivity index (χ1n) is 5.27. The van der Waals surface area contributed by atoms with Gasteiger partial charge in [0.25, 0.3) is 0 Å². The molecule has 0 radical (unpaired) electrons. The van der Waals surface area contributed by atoms with Gasteiger partial charge in [0, 0.05) is 12.4 Å². The summed E-state index contributed by atoms with van der Waals surface area (Å²) < 4.78 is 50.9. The first-order chi connectivity index (χ1) is 8.89. The highest BCUT2D eigenvalue weighted by Crippen LogP contribution is 2.33. The van der Waals surface area contributed by atoms with Gasteiger partial charge in [0.15, 0.2) is 0 Å². The second kappa shape index (κ2) is 4.93. The zero-order valence-electron chi connectivity index (χ0n) is 9.53. The first kappa shape index (κ1) is 13.4. The zero-order chi connectivity index (χ0) is 14.0. The number of nitrogens with zero attached hydrogens (tertiary/aromatic N) is 2. The molecule has 0 aliphatic carbocycles. The Morgan fingerprint density at radius 1 is 1.16 bits per heavy atom. The molecule has 1 unspecified atom stereocenters. The van der Waals surface area contributed by atoms with E-state index in [-0.39, 0.29) is 5.56 Å². The molecule has 0 aliphatic heterocycles. The van der Waals surface area contributed by atoms with E-state index in [1.165, 1.54) is 24.7 Å². The van der Waals surface area contributed by atoms with Crippen LogP contribution in [0.3, 0.4) is 0 Å². The number of alkyl halides is 3. The Kier molecular flexibility index (Phi) is 3.48. The molecule has 7 heteroatoms. The van der Waals surface area contributed by atoms with Crippen LogP contribution in [0.1, 0.15) is 22.9 Å². The van der Waals surface area contributed by atoms with Crippen LogP contribution in [0.2, 0.25) is 0 Å². The first-order valence-corrected chi connectivity index (χ1v) is 5.27. The predicted molar refractivity (Wildman–Crippen MR) is 59.5 cm³/mol. The van der Waals surface area contributed by atoms with Crippen LogP contribution < -0.4 is 5.73 Å². The zero-order valence-corrected chi connectivity index (χ0v) is 9.53. The topological polar surface area (TPSA) is 51.8 Å². The predicted octanol–water partition coefficient (Wildman–Crippen LogP) is 2.68. The minimum Gasteiger partial charge on any atom is -0.319 e. The third-order valence-corrected chi connectivity index (χ3v) is 2.56. The molecule has 0 amide bonds. The molecule has 1 aromatic carbocycles. The van der Waals surface area contributed by atoms with Crippen LogP contribution in [-0.2, 0) is 6.18 Å². The molecule has 0 fully saturated rings. The lowest BCUT2D eigenvalue weighted by Gasteiger charge is -2.14. The molecule has 1 atom stereocenters. The summed E-state index contributed by atoms with van der Waals surface area (Å²) in [7, 11) is 0. The van der Waals surface area contributed by atoms with Crippen molar-refractivity contribution in [2.24, 2.45) is 5.73 Å². The fourth-order valence-corrected chi connectivity index (χ4v) is 1.60. The summed E-state index contributed by atoms with van der Waals surface area (Å²) in [6, 6.07) is 1.74. The molecule has 0 bridgehead atoms. The highest BCUT2D eigenvalue weighted by molar-refractivity contribution is 5.32. The van der Waals surface area contributed by atoms with Gasteiger partial charge in [0.2, 0.25) is 0 Å². The Morgan fingerprint density at radius 3 is 2.47 bits per heavy atom. The molecular weight excluding hydrogens is 262 g/mol. The highest BCUT2D eigenvalue weighted by Gasteiger charge is 2.34. The molecule has 19 heavy (non-hydrogen) atoms. The molecule has 0 spiro atoms. The standard InChI is InChI=1S/C12H9F4N3/c13-9-2-1-7(5-8(9)12(14,15)16)11(17)10-6-18-3-4-19-10/h1-6,11H,17H2. The van der Waals surface area contributed by atoms with E-state index in [2.05, 4.69) is 9.97 Å². The van der Waals surface area contributed by atoms with Crippen molar-refractivity contribution < 1.29 is 17.6 Å². The third kappa shape index (κ3) is 2.87. The van der Waals surface area contributed by atoms with Gasteiger partial charge in [-0.2, -0.15) is 13.2 Å². The third-order valence-electron chi connectivity index (χ3n) is 2.56. The van der Waals surface area contributed by atoms with Crippen molar-refractivity contribution in [1.82, 2.24) is 9.97 Å². The monoisotopic (exact) mass is 271 g/mol. The quantitative estimate of drug-likeness (QED) is 0.854. The molecule has 0 saturated carbocycles. The van der Waals surface area contributed by atoms with Crippen molar-refractivity contribution >= 4 is 0 Å². The van der Waals surface area contributed by atoms with Gasteiger partial charge in [0.1, 0.15) is 5.82 Å². The van der Waals surface area contributed by atoms with E-state index in [1.54, 1.807) is 0 Å². The van der Waals surface area contributed by atoms with Crippen LogP contribution in [0.5, 0.6) is 0 Å². The summed E-state index contributed by atoms with van der Waals surface area (Å²) in [6.07, 6.45) is -0.616. The number of aromatic nitrogens is 2. The van der Waals surface area contributed by atoms with Crippen molar-refractivity contribution in [3.63, 3.8) is 0 Å².